The molecule has 124 valence electrons. The number of rotatable bonds is 4. The number of carbonyl (C=O) groups excluding carboxylic acids is 2. The van der Waals surface area contributed by atoms with E-state index in [1.165, 1.54) is 0 Å². The zero-order valence-electron chi connectivity index (χ0n) is 13.6. The van der Waals surface area contributed by atoms with Crippen LogP contribution in [0.5, 0.6) is 0 Å². The second-order valence-corrected chi connectivity index (χ2v) is 5.85. The molecule has 8 heteroatoms. The van der Waals surface area contributed by atoms with Gasteiger partial charge >= 0.3 is 6.03 Å². The number of imide groups is 1. The van der Waals surface area contributed by atoms with Gasteiger partial charge in [-0.1, -0.05) is 12.1 Å². The first kappa shape index (κ1) is 17.5. The van der Waals surface area contributed by atoms with Crippen LogP contribution in [-0.4, -0.2) is 22.4 Å². The molecule has 1 fully saturated rings. The Bertz CT molecular complexity index is 862. The van der Waals surface area contributed by atoms with Crippen LogP contribution in [0.4, 0.5) is 10.5 Å². The number of hydrogen-bond donors (Lipinski definition) is 2. The summed E-state index contributed by atoms with van der Waals surface area (Å²) < 4.78 is 0. The molecule has 1 aromatic carbocycles. The summed E-state index contributed by atoms with van der Waals surface area (Å²) in [4.78, 5) is 25.2. The molecule has 0 spiro atoms. The monoisotopic (exact) mass is 334 g/mol. The Balaban J connectivity index is 2.14. The van der Waals surface area contributed by atoms with Gasteiger partial charge < -0.3 is 10.6 Å². The number of hydrogen-bond acceptors (Lipinski definition) is 6. The first-order valence-electron chi connectivity index (χ1n) is 7.27. The summed E-state index contributed by atoms with van der Waals surface area (Å²) >= 11 is 0. The van der Waals surface area contributed by atoms with Crippen LogP contribution in [0.25, 0.3) is 0 Å². The van der Waals surface area contributed by atoms with Crippen LogP contribution in [0.1, 0.15) is 19.4 Å². The van der Waals surface area contributed by atoms with Crippen molar-refractivity contribution in [2.45, 2.75) is 25.9 Å². The maximum Gasteiger partial charge on any atom is 0.325 e. The third-order valence-electron chi connectivity index (χ3n) is 3.59. The minimum atomic E-state index is -0.921. The predicted molar refractivity (Wildman–Crippen MR) is 87.1 cm³/mol. The summed E-state index contributed by atoms with van der Waals surface area (Å²) in [6.07, 6.45) is 0. The van der Waals surface area contributed by atoms with Crippen molar-refractivity contribution in [3.8, 4) is 18.2 Å². The number of urea groups is 1. The minimum absolute atomic E-state index is 0.122. The van der Waals surface area contributed by atoms with E-state index in [9.17, 15) is 9.59 Å². The molecule has 0 unspecified atom stereocenters. The lowest BCUT2D eigenvalue weighted by Gasteiger charge is -2.16. The van der Waals surface area contributed by atoms with Crippen LogP contribution in [0, 0.1) is 34.0 Å². The van der Waals surface area contributed by atoms with E-state index in [1.807, 2.05) is 0 Å². The van der Waals surface area contributed by atoms with Crippen molar-refractivity contribution in [2.75, 3.05) is 5.32 Å². The average molecular weight is 334 g/mol. The van der Waals surface area contributed by atoms with Gasteiger partial charge in [-0.15, -0.1) is 0 Å². The first-order valence-corrected chi connectivity index (χ1v) is 7.27. The Morgan fingerprint density at radius 3 is 2.16 bits per heavy atom. The molecule has 1 aromatic rings. The van der Waals surface area contributed by atoms with E-state index in [2.05, 4.69) is 10.6 Å². The standard InChI is InChI=1S/C17H14N6O2/c1-17(2)15(24)23(16(25)22-17)10-11-3-5-13(6-4-11)21-14(9-20)12(7-18)8-19/h3-6,21H,10H2,1-2H3,(H,22,25). The fourth-order valence-corrected chi connectivity index (χ4v) is 2.27. The van der Waals surface area contributed by atoms with Crippen LogP contribution in [0.15, 0.2) is 35.5 Å². The zero-order chi connectivity index (χ0) is 18.6. The second kappa shape index (κ2) is 6.74. The highest BCUT2D eigenvalue weighted by Crippen LogP contribution is 2.20. The molecule has 8 nitrogen and oxygen atoms in total. The zero-order valence-corrected chi connectivity index (χ0v) is 13.6. The van der Waals surface area contributed by atoms with Crippen LogP contribution in [0.3, 0.4) is 0 Å². The fraction of sp³-hybridized carbons (Fsp3) is 0.235. The molecule has 0 bridgehead atoms. The SMILES string of the molecule is CC1(C)NC(=O)N(Cc2ccc(NC(C#N)=C(C#N)C#N)cc2)C1=O. The van der Waals surface area contributed by atoms with Gasteiger partial charge in [-0.05, 0) is 31.5 Å². The van der Waals surface area contributed by atoms with Gasteiger partial charge in [-0.3, -0.25) is 9.69 Å². The van der Waals surface area contributed by atoms with Crippen molar-refractivity contribution in [3.63, 3.8) is 0 Å². The highest BCUT2D eigenvalue weighted by Gasteiger charge is 2.43. The van der Waals surface area contributed by atoms with E-state index in [-0.39, 0.29) is 23.7 Å². The molecule has 0 radical (unpaired) electrons. The van der Waals surface area contributed by atoms with Crippen molar-refractivity contribution < 1.29 is 9.59 Å². The number of carbonyl (C=O) groups is 2. The van der Waals surface area contributed by atoms with Crippen molar-refractivity contribution >= 4 is 17.6 Å². The van der Waals surface area contributed by atoms with E-state index in [0.717, 1.165) is 10.5 Å². The summed E-state index contributed by atoms with van der Waals surface area (Å²) in [5.74, 6) is -0.304. The molecule has 0 saturated carbocycles. The van der Waals surface area contributed by atoms with Gasteiger partial charge in [0.1, 0.15) is 29.4 Å². The average Bonchev–Trinajstić information content (AvgIpc) is 2.78. The third kappa shape index (κ3) is 3.57. The summed E-state index contributed by atoms with van der Waals surface area (Å²) in [6.45, 7) is 3.40. The quantitative estimate of drug-likeness (QED) is 0.636. The highest BCUT2D eigenvalue weighted by atomic mass is 16.2. The molecule has 1 aliphatic rings. The van der Waals surface area contributed by atoms with Gasteiger partial charge in [0.2, 0.25) is 0 Å². The van der Waals surface area contributed by atoms with Gasteiger partial charge in [0.25, 0.3) is 5.91 Å². The molecule has 0 aromatic heterocycles. The maximum atomic E-state index is 12.2. The lowest BCUT2D eigenvalue weighted by atomic mass is 10.1. The van der Waals surface area contributed by atoms with Crippen LogP contribution < -0.4 is 10.6 Å². The molecule has 2 rings (SSSR count). The van der Waals surface area contributed by atoms with Gasteiger partial charge in [-0.25, -0.2) is 4.79 Å². The first-order chi connectivity index (χ1) is 11.8. The molecular weight excluding hydrogens is 320 g/mol. The topological polar surface area (TPSA) is 133 Å². The number of nitriles is 3. The molecule has 25 heavy (non-hydrogen) atoms. The Labute approximate surface area is 144 Å². The number of amides is 3. The van der Waals surface area contributed by atoms with E-state index < -0.39 is 11.6 Å². The normalized spacial score (nSPS) is 14.8. The fourth-order valence-electron chi connectivity index (χ4n) is 2.27. The van der Waals surface area contributed by atoms with Crippen molar-refractivity contribution in [3.05, 3.63) is 41.1 Å². The van der Waals surface area contributed by atoms with Crippen molar-refractivity contribution in [1.29, 1.82) is 15.8 Å². The molecule has 0 atom stereocenters. The van der Waals surface area contributed by atoms with Gasteiger partial charge in [0, 0.05) is 5.69 Å². The van der Waals surface area contributed by atoms with Gasteiger partial charge in [0.05, 0.1) is 6.54 Å². The summed E-state index contributed by atoms with van der Waals surface area (Å²) in [7, 11) is 0. The third-order valence-corrected chi connectivity index (χ3v) is 3.59. The Morgan fingerprint density at radius 2 is 1.72 bits per heavy atom. The van der Waals surface area contributed by atoms with Crippen LogP contribution in [0.2, 0.25) is 0 Å². The van der Waals surface area contributed by atoms with Gasteiger partial charge in [-0.2, -0.15) is 15.8 Å². The summed E-state index contributed by atoms with van der Waals surface area (Å²) in [5.41, 5.74) is -0.159. The number of benzene rings is 1. The maximum absolute atomic E-state index is 12.2. The van der Waals surface area contributed by atoms with E-state index >= 15 is 0 Å². The predicted octanol–water partition coefficient (Wildman–Crippen LogP) is 1.75. The molecule has 2 N–H and O–H groups in total. The van der Waals surface area contributed by atoms with Gasteiger partial charge in [0.15, 0.2) is 5.57 Å². The van der Waals surface area contributed by atoms with Crippen LogP contribution in [-0.2, 0) is 11.3 Å². The highest BCUT2D eigenvalue weighted by molar-refractivity contribution is 6.06. The molecule has 1 aliphatic heterocycles. The van der Waals surface area contributed by atoms with E-state index in [1.54, 1.807) is 56.3 Å². The van der Waals surface area contributed by atoms with Crippen LogP contribution >= 0.6 is 0 Å². The number of nitrogens with zero attached hydrogens (tertiary/aromatic N) is 4. The van der Waals surface area contributed by atoms with E-state index in [0.29, 0.717) is 5.69 Å². The number of anilines is 1. The molecule has 0 aliphatic carbocycles. The number of nitrogens with one attached hydrogen (secondary N) is 2. The Morgan fingerprint density at radius 1 is 1.12 bits per heavy atom. The molecule has 1 heterocycles. The van der Waals surface area contributed by atoms with E-state index in [4.69, 9.17) is 15.8 Å². The lowest BCUT2D eigenvalue weighted by molar-refractivity contribution is -0.130. The second-order valence-electron chi connectivity index (χ2n) is 5.85. The largest absolute Gasteiger partial charge is 0.345 e. The molecule has 1 saturated heterocycles. The minimum Gasteiger partial charge on any atom is -0.345 e. The summed E-state index contributed by atoms with van der Waals surface area (Å²) in [5, 5.41) is 31.9. The molecular formula is C17H14N6O2. The summed E-state index contributed by atoms with van der Waals surface area (Å²) in [6, 6.07) is 11.2. The number of allylic oxidation sites excluding steroid dienone is 2. The van der Waals surface area contributed by atoms with Crippen molar-refractivity contribution in [2.24, 2.45) is 0 Å². The smallest absolute Gasteiger partial charge is 0.325 e. The Hall–Kier alpha value is -3.83. The lowest BCUT2D eigenvalue weighted by Crippen LogP contribution is -2.40. The Kier molecular flexibility index (Phi) is 4.72. The van der Waals surface area contributed by atoms with Crippen molar-refractivity contribution in [1.82, 2.24) is 10.2 Å². The molecule has 3 amide bonds.